The van der Waals surface area contributed by atoms with Crippen molar-refractivity contribution in [2.75, 3.05) is 5.73 Å². The van der Waals surface area contributed by atoms with E-state index in [9.17, 15) is 0 Å². The normalized spacial score (nSPS) is 10.0. The fourth-order valence-corrected chi connectivity index (χ4v) is 1.08. The van der Waals surface area contributed by atoms with Crippen molar-refractivity contribution in [3.63, 3.8) is 0 Å². The number of nitrogens with two attached hydrogens (primary N) is 1. The van der Waals surface area contributed by atoms with Gasteiger partial charge in [0.15, 0.2) is 0 Å². The third kappa shape index (κ3) is 1.16. The van der Waals surface area contributed by atoms with Crippen LogP contribution in [0, 0.1) is 0 Å². The van der Waals surface area contributed by atoms with Gasteiger partial charge in [-0.05, 0) is 24.3 Å². The Morgan fingerprint density at radius 2 is 2.25 bits per heavy atom. The Morgan fingerprint density at radius 1 is 1.33 bits per heavy atom. The standard InChI is InChI=1S/C9H9N3/c10-7-3-5-12-9(6-7)8-2-1-4-11-8/h1-6,11H,(H2,10,12). The maximum absolute atomic E-state index is 5.61. The number of aromatic nitrogens is 2. The van der Waals surface area contributed by atoms with E-state index >= 15 is 0 Å². The second kappa shape index (κ2) is 2.70. The number of nitrogen functional groups attached to an aromatic ring is 1. The molecule has 0 spiro atoms. The fraction of sp³-hybridized carbons (Fsp3) is 0. The van der Waals surface area contributed by atoms with E-state index in [0.717, 1.165) is 17.1 Å². The molecular formula is C9H9N3. The van der Waals surface area contributed by atoms with Crippen LogP contribution in [0.1, 0.15) is 0 Å². The summed E-state index contributed by atoms with van der Waals surface area (Å²) in [7, 11) is 0. The SMILES string of the molecule is Nc1ccnc(-c2ccc[nH]2)c1. The van der Waals surface area contributed by atoms with E-state index in [4.69, 9.17) is 5.73 Å². The van der Waals surface area contributed by atoms with Gasteiger partial charge in [0.05, 0.1) is 11.4 Å². The molecule has 0 aromatic carbocycles. The third-order valence-corrected chi connectivity index (χ3v) is 1.66. The number of aromatic amines is 1. The van der Waals surface area contributed by atoms with Crippen LogP contribution < -0.4 is 5.73 Å². The van der Waals surface area contributed by atoms with Crippen molar-refractivity contribution in [1.29, 1.82) is 0 Å². The molecule has 0 atom stereocenters. The molecule has 0 aliphatic carbocycles. The van der Waals surface area contributed by atoms with E-state index in [-0.39, 0.29) is 0 Å². The molecule has 3 N–H and O–H groups in total. The summed E-state index contributed by atoms with van der Waals surface area (Å²) < 4.78 is 0. The summed E-state index contributed by atoms with van der Waals surface area (Å²) in [5, 5.41) is 0. The smallest absolute Gasteiger partial charge is 0.0884 e. The first-order valence-corrected chi connectivity index (χ1v) is 3.71. The molecule has 12 heavy (non-hydrogen) atoms. The number of hydrogen-bond acceptors (Lipinski definition) is 2. The molecule has 3 nitrogen and oxygen atoms in total. The van der Waals surface area contributed by atoms with Crippen LogP contribution in [0.4, 0.5) is 5.69 Å². The summed E-state index contributed by atoms with van der Waals surface area (Å²) in [5.41, 5.74) is 8.21. The quantitative estimate of drug-likeness (QED) is 0.664. The number of H-pyrrole nitrogens is 1. The Bertz CT molecular complexity index is 365. The highest BCUT2D eigenvalue weighted by Crippen LogP contribution is 2.15. The van der Waals surface area contributed by atoms with Crippen LogP contribution in [0.3, 0.4) is 0 Å². The van der Waals surface area contributed by atoms with Gasteiger partial charge in [-0.15, -0.1) is 0 Å². The first-order chi connectivity index (χ1) is 5.86. The Morgan fingerprint density at radius 3 is 2.92 bits per heavy atom. The topological polar surface area (TPSA) is 54.7 Å². The van der Waals surface area contributed by atoms with E-state index in [1.54, 1.807) is 12.3 Å². The molecule has 2 heterocycles. The number of anilines is 1. The molecule has 2 rings (SSSR count). The number of rotatable bonds is 1. The Kier molecular flexibility index (Phi) is 1.55. The predicted octanol–water partition coefficient (Wildman–Crippen LogP) is 1.66. The highest BCUT2D eigenvalue weighted by molar-refractivity contribution is 5.58. The van der Waals surface area contributed by atoms with Gasteiger partial charge >= 0.3 is 0 Å². The molecule has 0 amide bonds. The molecule has 0 aliphatic heterocycles. The lowest BCUT2D eigenvalue weighted by Crippen LogP contribution is -1.87. The molecule has 0 bridgehead atoms. The minimum atomic E-state index is 0.731. The molecular weight excluding hydrogens is 150 g/mol. The van der Waals surface area contributed by atoms with Crippen LogP contribution in [0.15, 0.2) is 36.7 Å². The molecule has 0 saturated heterocycles. The van der Waals surface area contributed by atoms with Gasteiger partial charge < -0.3 is 10.7 Å². The van der Waals surface area contributed by atoms with E-state index in [1.165, 1.54) is 0 Å². The average Bonchev–Trinajstić information content (AvgIpc) is 2.56. The summed E-state index contributed by atoms with van der Waals surface area (Å²) in [6.45, 7) is 0. The summed E-state index contributed by atoms with van der Waals surface area (Å²) in [5.74, 6) is 0. The zero-order chi connectivity index (χ0) is 8.39. The van der Waals surface area contributed by atoms with Gasteiger partial charge in [0, 0.05) is 18.1 Å². The van der Waals surface area contributed by atoms with Crippen molar-refractivity contribution >= 4 is 5.69 Å². The summed E-state index contributed by atoms with van der Waals surface area (Å²) in [6.07, 6.45) is 3.56. The van der Waals surface area contributed by atoms with Gasteiger partial charge in [-0.1, -0.05) is 0 Å². The number of nitrogens with zero attached hydrogens (tertiary/aromatic N) is 1. The Hall–Kier alpha value is -1.77. The molecule has 0 unspecified atom stereocenters. The largest absolute Gasteiger partial charge is 0.399 e. The van der Waals surface area contributed by atoms with E-state index < -0.39 is 0 Å². The second-order valence-corrected chi connectivity index (χ2v) is 2.56. The molecule has 3 heteroatoms. The summed E-state index contributed by atoms with van der Waals surface area (Å²) in [6, 6.07) is 7.50. The van der Waals surface area contributed by atoms with Crippen molar-refractivity contribution in [1.82, 2.24) is 9.97 Å². The van der Waals surface area contributed by atoms with Crippen LogP contribution in [-0.2, 0) is 0 Å². The summed E-state index contributed by atoms with van der Waals surface area (Å²) in [4.78, 5) is 7.23. The van der Waals surface area contributed by atoms with Gasteiger partial charge in [0.2, 0.25) is 0 Å². The molecule has 0 fully saturated rings. The van der Waals surface area contributed by atoms with E-state index in [0.29, 0.717) is 0 Å². The number of hydrogen-bond donors (Lipinski definition) is 2. The molecule has 2 aromatic heterocycles. The molecule has 60 valence electrons. The maximum Gasteiger partial charge on any atom is 0.0884 e. The summed E-state index contributed by atoms with van der Waals surface area (Å²) >= 11 is 0. The van der Waals surface area contributed by atoms with E-state index in [2.05, 4.69) is 9.97 Å². The Labute approximate surface area is 70.3 Å². The van der Waals surface area contributed by atoms with Crippen molar-refractivity contribution < 1.29 is 0 Å². The zero-order valence-corrected chi connectivity index (χ0v) is 6.49. The highest BCUT2D eigenvalue weighted by Gasteiger charge is 1.97. The molecule has 2 aromatic rings. The van der Waals surface area contributed by atoms with Crippen LogP contribution in [0.25, 0.3) is 11.4 Å². The van der Waals surface area contributed by atoms with Crippen molar-refractivity contribution in [2.24, 2.45) is 0 Å². The first kappa shape index (κ1) is 6.91. The zero-order valence-electron chi connectivity index (χ0n) is 6.49. The molecule has 0 aliphatic rings. The number of nitrogens with one attached hydrogen (secondary N) is 1. The van der Waals surface area contributed by atoms with Crippen molar-refractivity contribution in [3.05, 3.63) is 36.7 Å². The van der Waals surface area contributed by atoms with E-state index in [1.807, 2.05) is 24.4 Å². The van der Waals surface area contributed by atoms with Crippen molar-refractivity contribution in [3.8, 4) is 11.4 Å². The van der Waals surface area contributed by atoms with Crippen LogP contribution in [0.2, 0.25) is 0 Å². The lowest BCUT2D eigenvalue weighted by molar-refractivity contribution is 1.28. The second-order valence-electron chi connectivity index (χ2n) is 2.56. The van der Waals surface area contributed by atoms with Crippen LogP contribution in [-0.4, -0.2) is 9.97 Å². The first-order valence-electron chi connectivity index (χ1n) is 3.71. The highest BCUT2D eigenvalue weighted by atomic mass is 14.8. The predicted molar refractivity (Wildman–Crippen MR) is 48.4 cm³/mol. The average molecular weight is 159 g/mol. The number of pyridine rings is 1. The fourth-order valence-electron chi connectivity index (χ4n) is 1.08. The van der Waals surface area contributed by atoms with Crippen LogP contribution in [0.5, 0.6) is 0 Å². The molecule has 0 saturated carbocycles. The van der Waals surface area contributed by atoms with Gasteiger partial charge in [0.1, 0.15) is 0 Å². The van der Waals surface area contributed by atoms with Crippen LogP contribution >= 0.6 is 0 Å². The minimum Gasteiger partial charge on any atom is -0.399 e. The lowest BCUT2D eigenvalue weighted by atomic mass is 10.2. The minimum absolute atomic E-state index is 0.731. The lowest BCUT2D eigenvalue weighted by Gasteiger charge is -1.97. The third-order valence-electron chi connectivity index (χ3n) is 1.66. The van der Waals surface area contributed by atoms with Gasteiger partial charge in [-0.3, -0.25) is 4.98 Å². The van der Waals surface area contributed by atoms with Gasteiger partial charge in [-0.2, -0.15) is 0 Å². The van der Waals surface area contributed by atoms with Crippen molar-refractivity contribution in [2.45, 2.75) is 0 Å². The monoisotopic (exact) mass is 159 g/mol. The maximum atomic E-state index is 5.61. The van der Waals surface area contributed by atoms with Gasteiger partial charge in [-0.25, -0.2) is 0 Å². The molecule has 0 radical (unpaired) electrons. The van der Waals surface area contributed by atoms with Gasteiger partial charge in [0.25, 0.3) is 0 Å². The Balaban J connectivity index is 2.48.